The molecule has 2 heterocycles. The van der Waals surface area contributed by atoms with Crippen molar-refractivity contribution in [2.24, 2.45) is 11.8 Å². The fourth-order valence-corrected chi connectivity index (χ4v) is 3.95. The number of carbonyl (C=O) groups excluding carboxylic acids is 1. The highest BCUT2D eigenvalue weighted by molar-refractivity contribution is 5.95. The summed E-state index contributed by atoms with van der Waals surface area (Å²) in [5, 5.41) is 7.24. The van der Waals surface area contributed by atoms with Crippen LogP contribution in [0.15, 0.2) is 22.7 Å². The molecular formula is C20H24N2O3. The molecule has 2 aromatic rings. The normalized spacial score (nSPS) is 24.8. The molecule has 1 aromatic carbocycles. The lowest BCUT2D eigenvalue weighted by atomic mass is 9.78. The molecule has 5 heteroatoms. The first-order valence-electron chi connectivity index (χ1n) is 9.08. The number of aromatic nitrogens is 1. The molecule has 1 N–H and O–H groups in total. The highest BCUT2D eigenvalue weighted by Gasteiger charge is 2.32. The van der Waals surface area contributed by atoms with Gasteiger partial charge in [0.1, 0.15) is 12.4 Å². The van der Waals surface area contributed by atoms with E-state index in [1.807, 2.05) is 25.1 Å². The Hall–Kier alpha value is -2.30. The SMILES string of the molecule is Cc1ccc2c(c1)-c1onc(C(=O)NC3CCCC(C)C3C)c1CO2. The minimum absolute atomic E-state index is 0.157. The number of nitrogens with zero attached hydrogens (tertiary/aromatic N) is 1. The quantitative estimate of drug-likeness (QED) is 0.894. The maximum Gasteiger partial charge on any atom is 0.274 e. The minimum Gasteiger partial charge on any atom is -0.488 e. The summed E-state index contributed by atoms with van der Waals surface area (Å²) in [4.78, 5) is 12.8. The van der Waals surface area contributed by atoms with Crippen molar-refractivity contribution in [3.63, 3.8) is 0 Å². The van der Waals surface area contributed by atoms with Crippen molar-refractivity contribution in [2.45, 2.75) is 52.7 Å². The zero-order valence-electron chi connectivity index (χ0n) is 15.0. The molecule has 0 saturated heterocycles. The Bertz CT molecular complexity index is 811. The van der Waals surface area contributed by atoms with Gasteiger partial charge in [0.15, 0.2) is 11.5 Å². The maximum atomic E-state index is 12.8. The lowest BCUT2D eigenvalue weighted by Gasteiger charge is -2.34. The van der Waals surface area contributed by atoms with Crippen LogP contribution in [-0.4, -0.2) is 17.1 Å². The van der Waals surface area contributed by atoms with Crippen molar-refractivity contribution >= 4 is 5.91 Å². The zero-order chi connectivity index (χ0) is 17.6. The van der Waals surface area contributed by atoms with Gasteiger partial charge in [0.25, 0.3) is 5.91 Å². The first-order valence-corrected chi connectivity index (χ1v) is 9.08. The summed E-state index contributed by atoms with van der Waals surface area (Å²) in [6.07, 6.45) is 3.41. The monoisotopic (exact) mass is 340 g/mol. The molecule has 2 aliphatic rings. The Balaban J connectivity index is 1.60. The highest BCUT2D eigenvalue weighted by atomic mass is 16.5. The standard InChI is InChI=1S/C20H24N2O3/c1-11-7-8-17-14(9-11)19-15(10-24-17)18(22-25-19)20(23)21-16-6-4-5-12(2)13(16)3/h7-9,12-13,16H,4-6,10H2,1-3H3,(H,21,23). The number of hydrogen-bond donors (Lipinski definition) is 1. The van der Waals surface area contributed by atoms with Gasteiger partial charge in [-0.25, -0.2) is 0 Å². The highest BCUT2D eigenvalue weighted by Crippen LogP contribution is 2.39. The van der Waals surface area contributed by atoms with Gasteiger partial charge < -0.3 is 14.6 Å². The predicted molar refractivity (Wildman–Crippen MR) is 94.4 cm³/mol. The zero-order valence-corrected chi connectivity index (χ0v) is 15.0. The smallest absolute Gasteiger partial charge is 0.274 e. The molecule has 1 fully saturated rings. The Morgan fingerprint density at radius 2 is 2.12 bits per heavy atom. The van der Waals surface area contributed by atoms with Crippen LogP contribution < -0.4 is 10.1 Å². The van der Waals surface area contributed by atoms with Gasteiger partial charge >= 0.3 is 0 Å². The molecule has 1 aliphatic carbocycles. The molecule has 3 unspecified atom stereocenters. The molecule has 1 saturated carbocycles. The van der Waals surface area contributed by atoms with E-state index in [4.69, 9.17) is 9.26 Å². The van der Waals surface area contributed by atoms with E-state index < -0.39 is 0 Å². The Morgan fingerprint density at radius 1 is 1.28 bits per heavy atom. The third kappa shape index (κ3) is 2.81. The van der Waals surface area contributed by atoms with Gasteiger partial charge in [-0.1, -0.05) is 43.5 Å². The molecule has 0 spiro atoms. The largest absolute Gasteiger partial charge is 0.488 e. The van der Waals surface area contributed by atoms with Gasteiger partial charge in [0.05, 0.1) is 11.1 Å². The van der Waals surface area contributed by atoms with Crippen LogP contribution in [0, 0.1) is 18.8 Å². The molecule has 3 atom stereocenters. The molecule has 1 aliphatic heterocycles. The molecule has 1 aromatic heterocycles. The Kier molecular flexibility index (Phi) is 4.02. The van der Waals surface area contributed by atoms with Crippen molar-refractivity contribution in [1.82, 2.24) is 10.5 Å². The topological polar surface area (TPSA) is 64.4 Å². The summed E-state index contributed by atoms with van der Waals surface area (Å²) in [7, 11) is 0. The van der Waals surface area contributed by atoms with E-state index in [1.54, 1.807) is 0 Å². The lowest BCUT2D eigenvalue weighted by molar-refractivity contribution is 0.0880. The molecule has 0 bridgehead atoms. The molecule has 132 valence electrons. The summed E-state index contributed by atoms with van der Waals surface area (Å²) >= 11 is 0. The van der Waals surface area contributed by atoms with Crippen LogP contribution in [0.1, 0.15) is 54.7 Å². The minimum atomic E-state index is -0.157. The number of benzene rings is 1. The summed E-state index contributed by atoms with van der Waals surface area (Å²) in [5.74, 6) is 2.37. The predicted octanol–water partition coefficient (Wildman–Crippen LogP) is 4.10. The van der Waals surface area contributed by atoms with Crippen LogP contribution >= 0.6 is 0 Å². The number of hydrogen-bond acceptors (Lipinski definition) is 4. The van der Waals surface area contributed by atoms with E-state index >= 15 is 0 Å². The number of fused-ring (bicyclic) bond motifs is 3. The number of rotatable bonds is 2. The van der Waals surface area contributed by atoms with Crippen molar-refractivity contribution in [3.05, 3.63) is 35.0 Å². The average Bonchev–Trinajstić information content (AvgIpc) is 3.03. The number of aryl methyl sites for hydroxylation is 1. The van der Waals surface area contributed by atoms with Gasteiger partial charge in [-0.15, -0.1) is 0 Å². The summed E-state index contributed by atoms with van der Waals surface area (Å²) in [6.45, 7) is 6.81. The van der Waals surface area contributed by atoms with E-state index in [0.717, 1.165) is 35.3 Å². The van der Waals surface area contributed by atoms with Crippen LogP contribution in [0.2, 0.25) is 0 Å². The van der Waals surface area contributed by atoms with E-state index in [-0.39, 0.29) is 11.9 Å². The molecule has 25 heavy (non-hydrogen) atoms. The fraction of sp³-hybridized carbons (Fsp3) is 0.500. The maximum absolute atomic E-state index is 12.8. The van der Waals surface area contributed by atoms with Gasteiger partial charge in [0, 0.05) is 6.04 Å². The number of nitrogens with one attached hydrogen (secondary N) is 1. The third-order valence-electron chi connectivity index (χ3n) is 5.78. The molecule has 0 radical (unpaired) electrons. The molecule has 5 nitrogen and oxygen atoms in total. The van der Waals surface area contributed by atoms with Crippen molar-refractivity contribution in [1.29, 1.82) is 0 Å². The van der Waals surface area contributed by atoms with Crippen molar-refractivity contribution in [2.75, 3.05) is 0 Å². The van der Waals surface area contributed by atoms with Crippen LogP contribution in [0.5, 0.6) is 5.75 Å². The number of carbonyl (C=O) groups is 1. The fourth-order valence-electron chi connectivity index (χ4n) is 3.95. The van der Waals surface area contributed by atoms with Crippen LogP contribution in [0.3, 0.4) is 0 Å². The van der Waals surface area contributed by atoms with E-state index in [2.05, 4.69) is 24.3 Å². The lowest BCUT2D eigenvalue weighted by Crippen LogP contribution is -2.44. The Morgan fingerprint density at radius 3 is 2.96 bits per heavy atom. The second kappa shape index (κ2) is 6.21. The second-order valence-corrected chi connectivity index (χ2v) is 7.47. The number of amides is 1. The van der Waals surface area contributed by atoms with Gasteiger partial charge in [-0.3, -0.25) is 4.79 Å². The Labute approximate surface area is 147 Å². The third-order valence-corrected chi connectivity index (χ3v) is 5.78. The van der Waals surface area contributed by atoms with Crippen molar-refractivity contribution < 1.29 is 14.1 Å². The van der Waals surface area contributed by atoms with Crippen LogP contribution in [-0.2, 0) is 6.61 Å². The van der Waals surface area contributed by atoms with E-state index in [9.17, 15) is 4.79 Å². The molecule has 1 amide bonds. The van der Waals surface area contributed by atoms with Crippen LogP contribution in [0.25, 0.3) is 11.3 Å². The molecular weight excluding hydrogens is 316 g/mol. The average molecular weight is 340 g/mol. The number of ether oxygens (including phenoxy) is 1. The van der Waals surface area contributed by atoms with E-state index in [1.165, 1.54) is 6.42 Å². The first kappa shape index (κ1) is 16.2. The van der Waals surface area contributed by atoms with Gasteiger partial charge in [0.2, 0.25) is 0 Å². The van der Waals surface area contributed by atoms with E-state index in [0.29, 0.717) is 29.9 Å². The second-order valence-electron chi connectivity index (χ2n) is 7.47. The first-order chi connectivity index (χ1) is 12.0. The van der Waals surface area contributed by atoms with Crippen LogP contribution in [0.4, 0.5) is 0 Å². The molecule has 4 rings (SSSR count). The summed E-state index contributed by atoms with van der Waals surface area (Å²) in [5.41, 5.74) is 3.08. The summed E-state index contributed by atoms with van der Waals surface area (Å²) in [6, 6.07) is 6.13. The van der Waals surface area contributed by atoms with Gasteiger partial charge in [-0.05, 0) is 37.3 Å². The van der Waals surface area contributed by atoms with Gasteiger partial charge in [-0.2, -0.15) is 0 Å². The summed E-state index contributed by atoms with van der Waals surface area (Å²) < 4.78 is 11.3. The van der Waals surface area contributed by atoms with Crippen molar-refractivity contribution in [3.8, 4) is 17.1 Å².